The molecule has 22 heavy (non-hydrogen) atoms. The fourth-order valence-corrected chi connectivity index (χ4v) is 3.09. The van der Waals surface area contributed by atoms with E-state index in [0.29, 0.717) is 19.1 Å². The molecule has 0 saturated carbocycles. The Kier molecular flexibility index (Phi) is 6.21. The van der Waals surface area contributed by atoms with Crippen LogP contribution in [0.15, 0.2) is 24.3 Å². The van der Waals surface area contributed by atoms with Crippen LogP contribution in [-0.2, 0) is 11.3 Å². The van der Waals surface area contributed by atoms with Crippen LogP contribution >= 0.6 is 0 Å². The number of benzene rings is 1. The van der Waals surface area contributed by atoms with Crippen molar-refractivity contribution in [3.63, 3.8) is 0 Å². The molecule has 1 saturated heterocycles. The number of aliphatic hydroxyl groups is 1. The maximum atomic E-state index is 12.2. The fraction of sp³-hybridized carbons (Fsp3) is 0.588. The Morgan fingerprint density at radius 3 is 2.91 bits per heavy atom. The highest BCUT2D eigenvalue weighted by Gasteiger charge is 2.28. The van der Waals surface area contributed by atoms with Crippen molar-refractivity contribution in [1.82, 2.24) is 10.2 Å². The molecule has 1 aromatic rings. The van der Waals surface area contributed by atoms with Crippen LogP contribution < -0.4 is 10.1 Å². The minimum absolute atomic E-state index is 0.0156. The average Bonchev–Trinajstić information content (AvgIpc) is 2.55. The lowest BCUT2D eigenvalue weighted by Gasteiger charge is -2.39. The number of methoxy groups -OCH3 is 1. The number of amides is 1. The summed E-state index contributed by atoms with van der Waals surface area (Å²) in [6.45, 7) is 3.02. The Hall–Kier alpha value is -1.59. The van der Waals surface area contributed by atoms with E-state index < -0.39 is 0 Å². The maximum Gasteiger partial charge on any atom is 0.234 e. The van der Waals surface area contributed by atoms with Crippen LogP contribution in [0, 0.1) is 0 Å². The SMILES string of the molecule is COc1ccccc1CNC(=O)CN1[C@@H](CO)CCC[C@@H]1C. The highest BCUT2D eigenvalue weighted by molar-refractivity contribution is 5.78. The van der Waals surface area contributed by atoms with Crippen molar-refractivity contribution >= 4 is 5.91 Å². The van der Waals surface area contributed by atoms with Gasteiger partial charge in [0.25, 0.3) is 0 Å². The van der Waals surface area contributed by atoms with Crippen molar-refractivity contribution < 1.29 is 14.6 Å². The molecule has 1 aromatic carbocycles. The van der Waals surface area contributed by atoms with Crippen LogP contribution in [0.4, 0.5) is 0 Å². The Morgan fingerprint density at radius 2 is 2.18 bits per heavy atom. The summed E-state index contributed by atoms with van der Waals surface area (Å²) in [6, 6.07) is 8.10. The number of likely N-dealkylation sites (tertiary alicyclic amines) is 1. The molecule has 2 atom stereocenters. The summed E-state index contributed by atoms with van der Waals surface area (Å²) < 4.78 is 5.28. The predicted molar refractivity (Wildman–Crippen MR) is 85.7 cm³/mol. The van der Waals surface area contributed by atoms with Crippen molar-refractivity contribution in [3.8, 4) is 5.75 Å². The van der Waals surface area contributed by atoms with Gasteiger partial charge in [0.15, 0.2) is 0 Å². The summed E-state index contributed by atoms with van der Waals surface area (Å²) in [5, 5.41) is 12.4. The second-order valence-electron chi connectivity index (χ2n) is 5.88. The molecule has 5 heteroatoms. The van der Waals surface area contributed by atoms with Crippen LogP contribution in [0.2, 0.25) is 0 Å². The van der Waals surface area contributed by atoms with Gasteiger partial charge in [-0.1, -0.05) is 24.6 Å². The minimum atomic E-state index is -0.0156. The summed E-state index contributed by atoms with van der Waals surface area (Å²) in [7, 11) is 1.63. The molecule has 0 aliphatic carbocycles. The van der Waals surface area contributed by atoms with Gasteiger partial charge in [-0.2, -0.15) is 0 Å². The lowest BCUT2D eigenvalue weighted by atomic mass is 9.97. The first-order valence-corrected chi connectivity index (χ1v) is 7.91. The third-order valence-corrected chi connectivity index (χ3v) is 4.40. The van der Waals surface area contributed by atoms with Crippen LogP contribution in [0.5, 0.6) is 5.75 Å². The summed E-state index contributed by atoms with van der Waals surface area (Å²) >= 11 is 0. The molecule has 5 nitrogen and oxygen atoms in total. The van der Waals surface area contributed by atoms with E-state index in [4.69, 9.17) is 4.74 Å². The summed E-state index contributed by atoms with van der Waals surface area (Å²) in [5.41, 5.74) is 0.962. The fourth-order valence-electron chi connectivity index (χ4n) is 3.09. The number of hydrogen-bond donors (Lipinski definition) is 2. The molecule has 122 valence electrons. The second kappa shape index (κ2) is 8.15. The van der Waals surface area contributed by atoms with Crippen molar-refractivity contribution in [2.75, 3.05) is 20.3 Å². The first-order valence-electron chi connectivity index (χ1n) is 7.91. The summed E-state index contributed by atoms with van der Waals surface area (Å²) in [5.74, 6) is 0.764. The number of ether oxygens (including phenoxy) is 1. The van der Waals surface area contributed by atoms with Gasteiger partial charge in [-0.25, -0.2) is 0 Å². The van der Waals surface area contributed by atoms with E-state index in [1.807, 2.05) is 24.3 Å². The zero-order valence-electron chi connectivity index (χ0n) is 13.4. The quantitative estimate of drug-likeness (QED) is 0.837. The smallest absolute Gasteiger partial charge is 0.234 e. The van der Waals surface area contributed by atoms with E-state index in [1.54, 1.807) is 7.11 Å². The summed E-state index contributed by atoms with van der Waals surface area (Å²) in [6.07, 6.45) is 3.16. The zero-order chi connectivity index (χ0) is 15.9. The van der Waals surface area contributed by atoms with Gasteiger partial charge < -0.3 is 15.2 Å². The second-order valence-corrected chi connectivity index (χ2v) is 5.88. The Labute approximate surface area is 132 Å². The standard InChI is InChI=1S/C17H26N2O3/c1-13-6-5-8-15(12-20)19(13)11-17(21)18-10-14-7-3-4-9-16(14)22-2/h3-4,7,9,13,15,20H,5-6,8,10-12H2,1-2H3,(H,18,21)/t13-,15+/m0/s1. The van der Waals surface area contributed by atoms with E-state index in [9.17, 15) is 9.90 Å². The molecule has 0 unspecified atom stereocenters. The largest absolute Gasteiger partial charge is 0.496 e. The Morgan fingerprint density at radius 1 is 1.41 bits per heavy atom. The highest BCUT2D eigenvalue weighted by atomic mass is 16.5. The van der Waals surface area contributed by atoms with Gasteiger partial charge in [0.2, 0.25) is 5.91 Å². The van der Waals surface area contributed by atoms with Crippen LogP contribution in [-0.4, -0.2) is 48.3 Å². The molecular weight excluding hydrogens is 280 g/mol. The van der Waals surface area contributed by atoms with E-state index in [2.05, 4.69) is 17.1 Å². The van der Waals surface area contributed by atoms with Gasteiger partial charge in [-0.05, 0) is 25.8 Å². The molecule has 2 N–H and O–H groups in total. The van der Waals surface area contributed by atoms with Crippen LogP contribution in [0.3, 0.4) is 0 Å². The topological polar surface area (TPSA) is 61.8 Å². The zero-order valence-corrected chi connectivity index (χ0v) is 13.4. The molecular formula is C17H26N2O3. The lowest BCUT2D eigenvalue weighted by Crippen LogP contribution is -2.51. The molecule has 1 heterocycles. The average molecular weight is 306 g/mol. The number of rotatable bonds is 6. The predicted octanol–water partition coefficient (Wildman–Crippen LogP) is 1.55. The van der Waals surface area contributed by atoms with E-state index >= 15 is 0 Å². The van der Waals surface area contributed by atoms with Gasteiger partial charge in [-0.3, -0.25) is 9.69 Å². The third kappa shape index (κ3) is 4.21. The lowest BCUT2D eigenvalue weighted by molar-refractivity contribution is -0.124. The third-order valence-electron chi connectivity index (χ3n) is 4.40. The maximum absolute atomic E-state index is 12.2. The molecule has 0 spiro atoms. The summed E-state index contributed by atoms with van der Waals surface area (Å²) in [4.78, 5) is 14.3. The van der Waals surface area contributed by atoms with Gasteiger partial charge in [-0.15, -0.1) is 0 Å². The Bertz CT molecular complexity index is 493. The minimum Gasteiger partial charge on any atom is -0.496 e. The van der Waals surface area contributed by atoms with Gasteiger partial charge in [0.05, 0.1) is 20.3 Å². The number of aliphatic hydroxyl groups excluding tert-OH is 1. The van der Waals surface area contributed by atoms with Gasteiger partial charge in [0.1, 0.15) is 5.75 Å². The van der Waals surface area contributed by atoms with Crippen LogP contribution in [0.25, 0.3) is 0 Å². The number of hydrogen-bond acceptors (Lipinski definition) is 4. The van der Waals surface area contributed by atoms with Gasteiger partial charge in [0, 0.05) is 24.2 Å². The molecule has 1 fully saturated rings. The molecule has 1 amide bonds. The number of carbonyl (C=O) groups excluding carboxylic acids is 1. The molecule has 1 aliphatic heterocycles. The molecule has 0 radical (unpaired) electrons. The van der Waals surface area contributed by atoms with E-state index in [-0.39, 0.29) is 18.6 Å². The Balaban J connectivity index is 1.89. The van der Waals surface area contributed by atoms with Crippen molar-refractivity contribution in [2.24, 2.45) is 0 Å². The first-order chi connectivity index (χ1) is 10.7. The highest BCUT2D eigenvalue weighted by Crippen LogP contribution is 2.22. The first kappa shape index (κ1) is 16.8. The number of nitrogens with zero attached hydrogens (tertiary/aromatic N) is 1. The number of carbonyl (C=O) groups is 1. The van der Waals surface area contributed by atoms with Crippen LogP contribution in [0.1, 0.15) is 31.7 Å². The number of para-hydroxylation sites is 1. The van der Waals surface area contributed by atoms with Crippen molar-refractivity contribution in [3.05, 3.63) is 29.8 Å². The molecule has 1 aliphatic rings. The van der Waals surface area contributed by atoms with Crippen molar-refractivity contribution in [1.29, 1.82) is 0 Å². The number of piperidine rings is 1. The van der Waals surface area contributed by atoms with E-state index in [1.165, 1.54) is 0 Å². The molecule has 0 aromatic heterocycles. The monoisotopic (exact) mass is 306 g/mol. The number of nitrogens with one attached hydrogen (secondary N) is 1. The van der Waals surface area contributed by atoms with E-state index in [0.717, 1.165) is 30.6 Å². The molecule has 2 rings (SSSR count). The van der Waals surface area contributed by atoms with Gasteiger partial charge >= 0.3 is 0 Å². The molecule has 0 bridgehead atoms. The normalized spacial score (nSPS) is 22.3. The van der Waals surface area contributed by atoms with Crippen molar-refractivity contribution in [2.45, 2.75) is 44.8 Å².